The Balaban J connectivity index is 3.72. The Morgan fingerprint density at radius 2 is 1.78 bits per heavy atom. The molecule has 0 aromatic heterocycles. The van der Waals surface area contributed by atoms with E-state index < -0.39 is 36.5 Å². The van der Waals surface area contributed by atoms with Gasteiger partial charge in [0.05, 0.1) is 11.5 Å². The summed E-state index contributed by atoms with van der Waals surface area (Å²) < 4.78 is 54.1. The van der Waals surface area contributed by atoms with Gasteiger partial charge in [-0.2, -0.15) is 8.42 Å². The summed E-state index contributed by atoms with van der Waals surface area (Å²) in [6.07, 6.45) is -0.138. The Morgan fingerprint density at radius 3 is 2.17 bits per heavy atom. The van der Waals surface area contributed by atoms with Gasteiger partial charge >= 0.3 is 0 Å². The first-order chi connectivity index (χ1) is 8.09. The van der Waals surface area contributed by atoms with Crippen molar-refractivity contribution in [1.82, 2.24) is 0 Å². The molecule has 0 bridgehead atoms. The van der Waals surface area contributed by atoms with E-state index in [0.717, 1.165) is 12.1 Å². The van der Waals surface area contributed by atoms with E-state index in [0.29, 0.717) is 0 Å². The summed E-state index contributed by atoms with van der Waals surface area (Å²) >= 11 is 0. The lowest BCUT2D eigenvalue weighted by Gasteiger charge is -2.12. The van der Waals surface area contributed by atoms with Gasteiger partial charge in [-0.05, 0) is 24.1 Å². The number of primary sulfonamides is 1. The van der Waals surface area contributed by atoms with Crippen LogP contribution in [0.4, 0.5) is 0 Å². The predicted octanol–water partition coefficient (Wildman–Crippen LogP) is -0.138. The van der Waals surface area contributed by atoms with Gasteiger partial charge in [-0.1, -0.05) is 6.07 Å². The molecule has 1 rings (SSSR count). The van der Waals surface area contributed by atoms with Crippen LogP contribution >= 0.6 is 0 Å². The van der Waals surface area contributed by atoms with Gasteiger partial charge < -0.3 is 0 Å². The smallest absolute Gasteiger partial charge is 0.282 e. The molecule has 0 amide bonds. The Morgan fingerprint density at radius 1 is 1.22 bits per heavy atom. The maximum absolute atomic E-state index is 11.2. The molecule has 1 radical (unpaired) electrons. The van der Waals surface area contributed by atoms with Gasteiger partial charge in [-0.3, -0.25) is 4.55 Å². The molecule has 0 spiro atoms. The maximum Gasteiger partial charge on any atom is 0.295 e. The summed E-state index contributed by atoms with van der Waals surface area (Å²) in [6.45, 7) is 0.619. The summed E-state index contributed by atoms with van der Waals surface area (Å²) in [5.74, 6) is 0. The van der Waals surface area contributed by atoms with E-state index in [4.69, 9.17) is 9.69 Å². The normalized spacial score (nSPS) is 12.7. The minimum absolute atomic E-state index is 0.0670. The highest BCUT2D eigenvalue weighted by Gasteiger charge is 2.24. The minimum Gasteiger partial charge on any atom is -0.282 e. The molecule has 0 unspecified atom stereocenters. The van der Waals surface area contributed by atoms with Crippen LogP contribution in [0.3, 0.4) is 0 Å². The van der Waals surface area contributed by atoms with Crippen molar-refractivity contribution >= 4 is 20.1 Å². The number of sulfonamides is 1. The van der Waals surface area contributed by atoms with Crippen LogP contribution in [0.15, 0.2) is 21.9 Å². The van der Waals surface area contributed by atoms with Crippen LogP contribution in [-0.4, -0.2) is 28.0 Å². The molecule has 1 aromatic rings. The molecule has 18 heavy (non-hydrogen) atoms. The molecule has 0 aliphatic carbocycles. The Kier molecular flexibility index (Phi) is 4.13. The number of hydrogen-bond donors (Lipinski definition) is 2. The van der Waals surface area contributed by atoms with Crippen LogP contribution in [0, 0.1) is 6.92 Å². The van der Waals surface area contributed by atoms with Gasteiger partial charge in [-0.25, -0.2) is 18.7 Å². The molecule has 3 N–H and O–H groups in total. The average Bonchev–Trinajstić information content (AvgIpc) is 2.13. The topological polar surface area (TPSA) is 134 Å². The Hall–Kier alpha value is -1.00. The third-order valence-electron chi connectivity index (χ3n) is 2.37. The van der Waals surface area contributed by atoms with Crippen LogP contribution in [0.5, 0.6) is 0 Å². The van der Waals surface area contributed by atoms with Gasteiger partial charge in [0.25, 0.3) is 10.1 Å². The SMILES string of the molecule is Cc1c(S(N)(=O)=O)ccc(CC[O])c1S(=O)(=O)O. The van der Waals surface area contributed by atoms with Gasteiger partial charge in [0.1, 0.15) is 4.90 Å². The molecule has 101 valence electrons. The van der Waals surface area contributed by atoms with Crippen molar-refractivity contribution in [3.8, 4) is 0 Å². The highest BCUT2D eigenvalue weighted by molar-refractivity contribution is 7.89. The van der Waals surface area contributed by atoms with Crippen molar-refractivity contribution in [3.63, 3.8) is 0 Å². The second kappa shape index (κ2) is 4.94. The average molecular weight is 294 g/mol. The standard InChI is InChI=1S/C9H12NO6S2/c1-6-8(17(10,12)13)3-2-7(4-5-11)9(6)18(14,15)16/h2-3H,4-5H2,1H3,(H2,10,12,13)(H,14,15,16). The van der Waals surface area contributed by atoms with Crippen LogP contribution in [0.2, 0.25) is 0 Å². The number of rotatable bonds is 4. The summed E-state index contributed by atoms with van der Waals surface area (Å²) in [5.41, 5.74) is -0.122. The van der Waals surface area contributed by atoms with Crippen molar-refractivity contribution < 1.29 is 26.5 Å². The van der Waals surface area contributed by atoms with Crippen molar-refractivity contribution in [3.05, 3.63) is 23.3 Å². The van der Waals surface area contributed by atoms with Gasteiger partial charge in [-0.15, -0.1) is 0 Å². The molecule has 0 saturated carbocycles. The zero-order valence-electron chi connectivity index (χ0n) is 9.45. The molecule has 0 fully saturated rings. The lowest BCUT2D eigenvalue weighted by Crippen LogP contribution is -2.17. The highest BCUT2D eigenvalue weighted by Crippen LogP contribution is 2.26. The molecule has 0 heterocycles. The first-order valence-electron chi connectivity index (χ1n) is 4.80. The number of hydrogen-bond acceptors (Lipinski definition) is 4. The van der Waals surface area contributed by atoms with Crippen LogP contribution in [-0.2, 0) is 31.7 Å². The second-order valence-corrected chi connectivity index (χ2v) is 6.54. The van der Waals surface area contributed by atoms with Crippen molar-refractivity contribution in [2.45, 2.75) is 23.1 Å². The summed E-state index contributed by atoms with van der Waals surface area (Å²) in [5, 5.41) is 15.5. The van der Waals surface area contributed by atoms with E-state index >= 15 is 0 Å². The lowest BCUT2D eigenvalue weighted by atomic mass is 10.1. The van der Waals surface area contributed by atoms with Gasteiger partial charge in [0.2, 0.25) is 10.0 Å². The monoisotopic (exact) mass is 294 g/mol. The maximum atomic E-state index is 11.2. The van der Waals surface area contributed by atoms with E-state index in [1.54, 1.807) is 0 Å². The second-order valence-electron chi connectivity index (χ2n) is 3.65. The largest absolute Gasteiger partial charge is 0.295 e. The fourth-order valence-corrected chi connectivity index (χ4v) is 3.55. The zero-order valence-corrected chi connectivity index (χ0v) is 11.1. The first kappa shape index (κ1) is 15.1. The third-order valence-corrected chi connectivity index (χ3v) is 4.51. The lowest BCUT2D eigenvalue weighted by molar-refractivity contribution is 0.196. The van der Waals surface area contributed by atoms with Crippen molar-refractivity contribution in [2.75, 3.05) is 6.61 Å². The predicted molar refractivity (Wildman–Crippen MR) is 61.6 cm³/mol. The first-order valence-corrected chi connectivity index (χ1v) is 7.78. The van der Waals surface area contributed by atoms with E-state index in [-0.39, 0.29) is 17.5 Å². The van der Waals surface area contributed by atoms with Crippen molar-refractivity contribution in [1.29, 1.82) is 0 Å². The molecule has 0 aliphatic rings. The molecule has 9 heteroatoms. The number of nitrogens with two attached hydrogens (primary N) is 1. The molecule has 1 aromatic carbocycles. The molecule has 0 aliphatic heterocycles. The fraction of sp³-hybridized carbons (Fsp3) is 0.333. The molecule has 0 saturated heterocycles. The van der Waals surface area contributed by atoms with Crippen LogP contribution in [0.1, 0.15) is 11.1 Å². The zero-order chi connectivity index (χ0) is 14.1. The van der Waals surface area contributed by atoms with E-state index in [1.807, 2.05) is 0 Å². The third kappa shape index (κ3) is 3.06. The Labute approximate surface area is 105 Å². The molecular formula is C9H12NO6S2. The van der Waals surface area contributed by atoms with Crippen LogP contribution in [0.25, 0.3) is 0 Å². The quantitative estimate of drug-likeness (QED) is 0.745. The summed E-state index contributed by atoms with van der Waals surface area (Å²) in [4.78, 5) is -0.963. The highest BCUT2D eigenvalue weighted by atomic mass is 32.2. The van der Waals surface area contributed by atoms with E-state index in [1.165, 1.54) is 6.92 Å². The Bertz CT molecular complexity index is 663. The minimum atomic E-state index is -4.63. The molecular weight excluding hydrogens is 282 g/mol. The molecule has 7 nitrogen and oxygen atoms in total. The molecule has 0 atom stereocenters. The number of benzene rings is 1. The van der Waals surface area contributed by atoms with Crippen molar-refractivity contribution in [2.24, 2.45) is 5.14 Å². The van der Waals surface area contributed by atoms with E-state index in [9.17, 15) is 21.9 Å². The van der Waals surface area contributed by atoms with Gasteiger partial charge in [0, 0.05) is 6.42 Å². The fourth-order valence-electron chi connectivity index (χ4n) is 1.70. The van der Waals surface area contributed by atoms with Gasteiger partial charge in [0.15, 0.2) is 0 Å². The van der Waals surface area contributed by atoms with E-state index in [2.05, 4.69) is 0 Å². The van der Waals surface area contributed by atoms with Crippen LogP contribution < -0.4 is 5.14 Å². The summed E-state index contributed by atoms with van der Waals surface area (Å²) in [6, 6.07) is 2.28. The summed E-state index contributed by atoms with van der Waals surface area (Å²) in [7, 11) is -8.73.